The minimum Gasteiger partial charge on any atom is -0.369 e. The molecule has 23 heavy (non-hydrogen) atoms. The summed E-state index contributed by atoms with van der Waals surface area (Å²) in [7, 11) is 0. The van der Waals surface area contributed by atoms with Gasteiger partial charge in [-0.05, 0) is 24.3 Å². The highest BCUT2D eigenvalue weighted by Gasteiger charge is 2.12. The number of carbonyl (C=O) groups is 2. The molecule has 1 heterocycles. The van der Waals surface area contributed by atoms with Gasteiger partial charge in [0.1, 0.15) is 0 Å². The number of hydrogen-bond acceptors (Lipinski definition) is 5. The van der Waals surface area contributed by atoms with Crippen LogP contribution in [0.3, 0.4) is 0 Å². The molecule has 5 heteroatoms. The Morgan fingerprint density at radius 1 is 1.17 bits per heavy atom. The molecule has 2 rings (SSSR count). The molecule has 0 saturated carbocycles. The van der Waals surface area contributed by atoms with Crippen LogP contribution in [-0.2, 0) is 9.59 Å². The number of ketones is 2. The van der Waals surface area contributed by atoms with Crippen molar-refractivity contribution in [2.45, 2.75) is 20.8 Å². The first-order valence-electron chi connectivity index (χ1n) is 8.06. The Kier molecular flexibility index (Phi) is 5.93. The van der Waals surface area contributed by atoms with Crippen LogP contribution in [0.1, 0.15) is 20.8 Å². The maximum atomic E-state index is 11.8. The number of rotatable bonds is 6. The minimum atomic E-state index is -0.148. The van der Waals surface area contributed by atoms with Gasteiger partial charge in [-0.2, -0.15) is 0 Å². The monoisotopic (exact) mass is 315 g/mol. The van der Waals surface area contributed by atoms with Gasteiger partial charge in [-0.3, -0.25) is 9.59 Å². The molecule has 5 nitrogen and oxygen atoms in total. The van der Waals surface area contributed by atoms with Crippen LogP contribution in [0.25, 0.3) is 0 Å². The fraction of sp³-hybridized carbons (Fsp3) is 0.444. The summed E-state index contributed by atoms with van der Waals surface area (Å²) in [4.78, 5) is 25.9. The first-order valence-corrected chi connectivity index (χ1v) is 8.06. The Labute approximate surface area is 137 Å². The van der Waals surface area contributed by atoms with E-state index in [1.165, 1.54) is 18.7 Å². The van der Waals surface area contributed by atoms with Crippen molar-refractivity contribution in [3.05, 3.63) is 36.0 Å². The van der Waals surface area contributed by atoms with Crippen molar-refractivity contribution in [1.82, 2.24) is 5.32 Å². The summed E-state index contributed by atoms with van der Waals surface area (Å²) in [5.41, 5.74) is 2.31. The van der Waals surface area contributed by atoms with Gasteiger partial charge < -0.3 is 15.5 Å². The molecule has 0 unspecified atom stereocenters. The number of piperazine rings is 1. The summed E-state index contributed by atoms with van der Waals surface area (Å²) in [6.07, 6.45) is 1.40. The molecule has 1 fully saturated rings. The van der Waals surface area contributed by atoms with E-state index in [0.717, 1.165) is 31.9 Å². The molecule has 1 aliphatic rings. The van der Waals surface area contributed by atoms with Crippen molar-refractivity contribution in [2.24, 2.45) is 5.92 Å². The van der Waals surface area contributed by atoms with E-state index in [2.05, 4.69) is 15.5 Å². The molecule has 1 aliphatic heterocycles. The van der Waals surface area contributed by atoms with Crippen LogP contribution in [-0.4, -0.2) is 37.7 Å². The molecule has 0 amide bonds. The maximum Gasteiger partial charge on any atom is 0.176 e. The average molecular weight is 315 g/mol. The van der Waals surface area contributed by atoms with Crippen LogP contribution in [0.2, 0.25) is 0 Å². The number of hydrogen-bond donors (Lipinski definition) is 2. The van der Waals surface area contributed by atoms with Crippen LogP contribution in [0.15, 0.2) is 36.0 Å². The topological polar surface area (TPSA) is 61.4 Å². The standard InChI is InChI=1S/C18H25N3O2/c1-13(2)18(23)12-17(14(3)22)20-15-4-6-16(7-5-15)21-10-8-19-9-11-21/h4-7,12-13,19-20H,8-11H2,1-3H3/b17-12+. The summed E-state index contributed by atoms with van der Waals surface area (Å²) >= 11 is 0. The molecule has 1 aromatic rings. The van der Waals surface area contributed by atoms with Crippen LogP contribution >= 0.6 is 0 Å². The molecule has 1 aromatic carbocycles. The molecule has 2 N–H and O–H groups in total. The third-order valence-corrected chi connectivity index (χ3v) is 3.86. The predicted molar refractivity (Wildman–Crippen MR) is 93.8 cm³/mol. The summed E-state index contributed by atoms with van der Waals surface area (Å²) < 4.78 is 0. The van der Waals surface area contributed by atoms with Crippen LogP contribution in [0.5, 0.6) is 0 Å². The highest BCUT2D eigenvalue weighted by molar-refractivity contribution is 6.04. The Morgan fingerprint density at radius 2 is 1.78 bits per heavy atom. The molecule has 0 aromatic heterocycles. The summed E-state index contributed by atoms with van der Waals surface area (Å²) in [5, 5.41) is 6.38. The lowest BCUT2D eigenvalue weighted by Gasteiger charge is -2.29. The van der Waals surface area contributed by atoms with E-state index in [0.29, 0.717) is 5.70 Å². The van der Waals surface area contributed by atoms with Gasteiger partial charge in [0.2, 0.25) is 0 Å². The van der Waals surface area contributed by atoms with E-state index >= 15 is 0 Å². The molecule has 0 aliphatic carbocycles. The molecule has 124 valence electrons. The van der Waals surface area contributed by atoms with Gasteiger partial charge in [0.25, 0.3) is 0 Å². The van der Waals surface area contributed by atoms with Crippen molar-refractivity contribution in [3.63, 3.8) is 0 Å². The Balaban J connectivity index is 2.08. The second kappa shape index (κ2) is 7.92. The van der Waals surface area contributed by atoms with E-state index in [9.17, 15) is 9.59 Å². The van der Waals surface area contributed by atoms with Crippen molar-refractivity contribution in [1.29, 1.82) is 0 Å². The van der Waals surface area contributed by atoms with Gasteiger partial charge in [-0.1, -0.05) is 13.8 Å². The molecular formula is C18H25N3O2. The van der Waals surface area contributed by atoms with Crippen molar-refractivity contribution in [3.8, 4) is 0 Å². The Morgan fingerprint density at radius 3 is 2.30 bits per heavy atom. The second-order valence-electron chi connectivity index (χ2n) is 6.08. The first-order chi connectivity index (χ1) is 11.0. The van der Waals surface area contributed by atoms with E-state index < -0.39 is 0 Å². The van der Waals surface area contributed by atoms with Gasteiger partial charge in [0.05, 0.1) is 5.70 Å². The lowest BCUT2D eigenvalue weighted by molar-refractivity contribution is -0.118. The van der Waals surface area contributed by atoms with E-state index in [1.807, 2.05) is 38.1 Å². The zero-order chi connectivity index (χ0) is 16.8. The summed E-state index contributed by atoms with van der Waals surface area (Å²) in [6.45, 7) is 9.07. The van der Waals surface area contributed by atoms with E-state index in [4.69, 9.17) is 0 Å². The number of allylic oxidation sites excluding steroid dienone is 2. The fourth-order valence-corrected chi connectivity index (χ4v) is 2.37. The number of nitrogens with zero attached hydrogens (tertiary/aromatic N) is 1. The molecular weight excluding hydrogens is 290 g/mol. The number of nitrogens with one attached hydrogen (secondary N) is 2. The van der Waals surface area contributed by atoms with Gasteiger partial charge in [-0.15, -0.1) is 0 Å². The number of anilines is 2. The summed E-state index contributed by atoms with van der Waals surface area (Å²) in [5.74, 6) is -0.327. The zero-order valence-electron chi connectivity index (χ0n) is 14.1. The molecule has 0 bridgehead atoms. The quantitative estimate of drug-likeness (QED) is 0.788. The van der Waals surface area contributed by atoms with Gasteiger partial charge >= 0.3 is 0 Å². The predicted octanol–water partition coefficient (Wildman–Crippen LogP) is 2.21. The number of carbonyl (C=O) groups excluding carboxylic acids is 2. The molecule has 0 atom stereocenters. The Hall–Kier alpha value is -2.14. The second-order valence-corrected chi connectivity index (χ2v) is 6.08. The van der Waals surface area contributed by atoms with Crippen molar-refractivity contribution in [2.75, 3.05) is 36.4 Å². The third kappa shape index (κ3) is 4.93. The van der Waals surface area contributed by atoms with Crippen molar-refractivity contribution < 1.29 is 9.59 Å². The highest BCUT2D eigenvalue weighted by Crippen LogP contribution is 2.19. The van der Waals surface area contributed by atoms with Gasteiger partial charge in [0.15, 0.2) is 11.6 Å². The van der Waals surface area contributed by atoms with Gasteiger partial charge in [0, 0.05) is 56.5 Å². The maximum absolute atomic E-state index is 11.8. The van der Waals surface area contributed by atoms with E-state index in [1.54, 1.807) is 0 Å². The largest absolute Gasteiger partial charge is 0.369 e. The minimum absolute atomic E-state index is 0.0554. The van der Waals surface area contributed by atoms with Crippen molar-refractivity contribution >= 4 is 22.9 Å². The summed E-state index contributed by atoms with van der Waals surface area (Å²) in [6, 6.07) is 7.95. The lowest BCUT2D eigenvalue weighted by Crippen LogP contribution is -2.43. The SMILES string of the molecule is CC(=O)/C(=C\C(=O)C(C)C)Nc1ccc(N2CCNCC2)cc1. The Bertz CT molecular complexity index is 585. The van der Waals surface area contributed by atoms with Crippen LogP contribution in [0, 0.1) is 5.92 Å². The molecule has 1 saturated heterocycles. The zero-order valence-corrected chi connectivity index (χ0v) is 14.1. The molecule has 0 spiro atoms. The normalized spacial score (nSPS) is 15.7. The molecule has 0 radical (unpaired) electrons. The van der Waals surface area contributed by atoms with Crippen LogP contribution < -0.4 is 15.5 Å². The van der Waals surface area contributed by atoms with Gasteiger partial charge in [-0.25, -0.2) is 0 Å². The third-order valence-electron chi connectivity index (χ3n) is 3.86. The fourth-order valence-electron chi connectivity index (χ4n) is 2.37. The van der Waals surface area contributed by atoms with Crippen LogP contribution in [0.4, 0.5) is 11.4 Å². The average Bonchev–Trinajstić information content (AvgIpc) is 2.55. The smallest absolute Gasteiger partial charge is 0.176 e. The highest BCUT2D eigenvalue weighted by atomic mass is 16.1. The number of Topliss-reactive ketones (excluding diaryl/α,β-unsaturated/α-hetero) is 1. The van der Waals surface area contributed by atoms with E-state index in [-0.39, 0.29) is 17.5 Å². The number of benzene rings is 1. The lowest BCUT2D eigenvalue weighted by atomic mass is 10.1. The first kappa shape index (κ1) is 17.2.